The molecule has 0 radical (unpaired) electrons. The molecular formula is C19H29N8O18P3. The van der Waals surface area contributed by atoms with Gasteiger partial charge in [-0.15, -0.1) is 0 Å². The largest absolute Gasteiger partial charge is 0.481 e. The highest BCUT2D eigenvalue weighted by atomic mass is 31.3. The predicted octanol–water partition coefficient (Wildman–Crippen LogP) is -4.19. The number of hydrogen-bond donors (Lipinski definition) is 11. The molecule has 268 valence electrons. The van der Waals surface area contributed by atoms with E-state index in [-0.39, 0.29) is 17.3 Å². The van der Waals surface area contributed by atoms with Crippen molar-refractivity contribution in [2.75, 3.05) is 24.7 Å². The van der Waals surface area contributed by atoms with Gasteiger partial charge >= 0.3 is 29.2 Å². The van der Waals surface area contributed by atoms with Gasteiger partial charge in [0.15, 0.2) is 23.9 Å². The van der Waals surface area contributed by atoms with Crippen molar-refractivity contribution in [3.05, 3.63) is 35.4 Å². The number of nitrogens with zero attached hydrogens (tertiary/aromatic N) is 6. The van der Waals surface area contributed by atoms with Gasteiger partial charge in [0.25, 0.3) is 0 Å². The number of imidazole rings is 1. The highest BCUT2D eigenvalue weighted by Crippen LogP contribution is 2.57. The maximum Gasteiger partial charge on any atom is 0.481 e. The summed E-state index contributed by atoms with van der Waals surface area (Å²) < 4.78 is 57.6. The van der Waals surface area contributed by atoms with E-state index in [4.69, 9.17) is 45.4 Å². The Balaban J connectivity index is 0.000000217. The number of rotatable bonds is 10. The van der Waals surface area contributed by atoms with Crippen LogP contribution in [0.25, 0.3) is 11.2 Å². The van der Waals surface area contributed by atoms with Crippen molar-refractivity contribution in [1.29, 1.82) is 0 Å². The molecule has 48 heavy (non-hydrogen) atoms. The van der Waals surface area contributed by atoms with Crippen molar-refractivity contribution in [3.8, 4) is 0 Å². The second-order valence-corrected chi connectivity index (χ2v) is 13.9. The summed E-state index contributed by atoms with van der Waals surface area (Å²) in [6, 6.07) is 1.24. The predicted molar refractivity (Wildman–Crippen MR) is 151 cm³/mol. The lowest BCUT2D eigenvalue weighted by Gasteiger charge is -2.17. The van der Waals surface area contributed by atoms with E-state index < -0.39 is 91.5 Å². The summed E-state index contributed by atoms with van der Waals surface area (Å²) in [5.74, 6) is 0.0631. The summed E-state index contributed by atoms with van der Waals surface area (Å²) in [5.41, 5.74) is 10.7. The van der Waals surface area contributed by atoms with Gasteiger partial charge in [-0.2, -0.15) is 9.29 Å². The van der Waals surface area contributed by atoms with Crippen molar-refractivity contribution < 1.29 is 81.4 Å². The van der Waals surface area contributed by atoms with Crippen molar-refractivity contribution in [2.45, 2.75) is 49.1 Å². The van der Waals surface area contributed by atoms with Gasteiger partial charge in [0, 0.05) is 6.20 Å². The summed E-state index contributed by atoms with van der Waals surface area (Å²) in [4.78, 5) is 70.5. The van der Waals surface area contributed by atoms with E-state index in [9.17, 15) is 38.9 Å². The second kappa shape index (κ2) is 14.6. The molecule has 13 N–H and O–H groups in total. The molecule has 3 aromatic rings. The third kappa shape index (κ3) is 9.23. The van der Waals surface area contributed by atoms with Crippen LogP contribution in [0.2, 0.25) is 0 Å². The molecule has 3 aromatic heterocycles. The standard InChI is InChI=1S/C10H14N5O7P.C9H15N3O11P2/c11-8-5-9(13-2-12-8)15(3-14-5)10-7(17)6(16)4(22-10)1-21-23(18,19)20;10-5-1-2-12(9(15)11-5)8-7(14)6(13)4(22-8)3-21-25(19,20)23-24(16,17)18/h2-4,6-7,10,16-17H,1H2,(H2,11,12,13)(H2,18,19,20);1-2,4,6-8,13-14H,3H2,(H,19,20)(H2,10,11,15)(H2,16,17,18)/t4-,6-,7-,10-;4-,6-,7-,8-/m11/s1. The molecule has 5 rings (SSSR count). The molecule has 2 saturated heterocycles. The summed E-state index contributed by atoms with van der Waals surface area (Å²) >= 11 is 0. The average molecular weight is 750 g/mol. The third-order valence-electron chi connectivity index (χ3n) is 6.48. The van der Waals surface area contributed by atoms with Crippen LogP contribution in [-0.2, 0) is 36.5 Å². The van der Waals surface area contributed by atoms with Crippen LogP contribution in [0.15, 0.2) is 29.7 Å². The highest BCUT2D eigenvalue weighted by Gasteiger charge is 2.46. The smallest absolute Gasteiger partial charge is 0.387 e. The van der Waals surface area contributed by atoms with Crippen LogP contribution in [0.1, 0.15) is 12.5 Å². The Morgan fingerprint density at radius 3 is 1.90 bits per heavy atom. The molecule has 29 heteroatoms. The van der Waals surface area contributed by atoms with Crippen molar-refractivity contribution >= 4 is 46.3 Å². The van der Waals surface area contributed by atoms with Gasteiger partial charge in [-0.1, -0.05) is 0 Å². The molecule has 5 heterocycles. The number of phosphoric ester groups is 2. The van der Waals surface area contributed by atoms with Crippen LogP contribution < -0.4 is 17.2 Å². The molecular weight excluding hydrogens is 721 g/mol. The van der Waals surface area contributed by atoms with Gasteiger partial charge in [-0.05, 0) is 6.07 Å². The Hall–Kier alpha value is -2.84. The zero-order valence-corrected chi connectivity index (χ0v) is 26.4. The lowest BCUT2D eigenvalue weighted by atomic mass is 10.1. The molecule has 2 aliphatic rings. The summed E-state index contributed by atoms with van der Waals surface area (Å²) in [5, 5.41) is 39.9. The third-order valence-corrected chi connectivity index (χ3v) is 9.12. The molecule has 0 spiro atoms. The van der Waals surface area contributed by atoms with Crippen molar-refractivity contribution in [3.63, 3.8) is 0 Å². The van der Waals surface area contributed by atoms with Crippen LogP contribution in [0.3, 0.4) is 0 Å². The van der Waals surface area contributed by atoms with E-state index in [2.05, 4.69) is 33.3 Å². The number of aliphatic hydroxyl groups excluding tert-OH is 4. The SMILES string of the molecule is Nc1ccn([C@@H]2O[C@H](COP(=O)(O)OP(=O)(O)O)[C@@H](O)[C@H]2O)c(=O)n1.Nc1ncnc2c1ncn2[C@@H]1O[C@H](COP(=O)(O)O)[C@@H](O)[C@H]1O. The molecule has 0 aromatic carbocycles. The first-order valence-electron chi connectivity index (χ1n) is 12.9. The number of nitrogen functional groups attached to an aromatic ring is 2. The summed E-state index contributed by atoms with van der Waals surface area (Å²) in [7, 11) is -15.2. The fourth-order valence-electron chi connectivity index (χ4n) is 4.37. The van der Waals surface area contributed by atoms with Gasteiger partial charge in [-0.3, -0.25) is 18.2 Å². The van der Waals surface area contributed by atoms with Crippen LogP contribution in [0, 0.1) is 0 Å². The van der Waals surface area contributed by atoms with E-state index in [0.717, 1.165) is 10.8 Å². The first-order chi connectivity index (χ1) is 22.2. The van der Waals surface area contributed by atoms with Gasteiger partial charge in [0.2, 0.25) is 0 Å². The fourth-order valence-corrected chi connectivity index (χ4v) is 6.31. The molecule has 0 aliphatic carbocycles. The molecule has 0 bridgehead atoms. The van der Waals surface area contributed by atoms with E-state index in [1.54, 1.807) is 0 Å². The van der Waals surface area contributed by atoms with Crippen molar-refractivity contribution in [1.82, 2.24) is 29.1 Å². The fraction of sp³-hybridized carbons (Fsp3) is 0.526. The van der Waals surface area contributed by atoms with E-state index >= 15 is 0 Å². The minimum atomic E-state index is -5.30. The normalized spacial score (nSPS) is 29.0. The Morgan fingerprint density at radius 2 is 1.35 bits per heavy atom. The highest BCUT2D eigenvalue weighted by molar-refractivity contribution is 7.60. The molecule has 9 atom stereocenters. The first-order valence-corrected chi connectivity index (χ1v) is 17.5. The van der Waals surface area contributed by atoms with Gasteiger partial charge in [-0.25, -0.2) is 33.4 Å². The molecule has 2 aliphatic heterocycles. The summed E-state index contributed by atoms with van der Waals surface area (Å²) in [6.07, 6.45) is -7.42. The van der Waals surface area contributed by atoms with Crippen LogP contribution in [-0.4, -0.2) is 124 Å². The Morgan fingerprint density at radius 1 is 0.792 bits per heavy atom. The summed E-state index contributed by atoms with van der Waals surface area (Å²) in [6.45, 7) is -1.47. The zero-order valence-electron chi connectivity index (χ0n) is 23.7. The number of nitrogens with two attached hydrogens (primary N) is 2. The first kappa shape index (κ1) is 38.0. The molecule has 0 amide bonds. The molecule has 0 saturated carbocycles. The van der Waals surface area contributed by atoms with Crippen LogP contribution in [0.5, 0.6) is 0 Å². The Kier molecular flexibility index (Phi) is 11.5. The average Bonchev–Trinajstić information content (AvgIpc) is 3.60. The lowest BCUT2D eigenvalue weighted by Crippen LogP contribution is -2.36. The number of anilines is 2. The number of fused-ring (bicyclic) bond motifs is 1. The number of aliphatic hydroxyl groups is 4. The molecule has 26 nitrogen and oxygen atoms in total. The topological polar surface area (TPSA) is 410 Å². The van der Waals surface area contributed by atoms with Crippen LogP contribution in [0.4, 0.5) is 11.6 Å². The van der Waals surface area contributed by atoms with E-state index in [1.165, 1.54) is 23.3 Å². The minimum absolute atomic E-state index is 0.0787. The quantitative estimate of drug-likeness (QED) is 0.0875. The lowest BCUT2D eigenvalue weighted by molar-refractivity contribution is -0.0541. The monoisotopic (exact) mass is 750 g/mol. The van der Waals surface area contributed by atoms with Gasteiger partial charge in [0.1, 0.15) is 54.3 Å². The zero-order chi connectivity index (χ0) is 35.8. The maximum absolute atomic E-state index is 11.7. The molecule has 2 fully saturated rings. The number of phosphoric acid groups is 3. The maximum atomic E-state index is 11.7. The molecule has 1 unspecified atom stereocenters. The number of hydrogen-bond acceptors (Lipinski definition) is 19. The number of ether oxygens (including phenoxy) is 2. The Labute approximate surface area is 266 Å². The minimum Gasteiger partial charge on any atom is -0.387 e. The number of aromatic nitrogens is 6. The van der Waals surface area contributed by atoms with Gasteiger partial charge in [0.05, 0.1) is 19.5 Å². The second-order valence-electron chi connectivity index (χ2n) is 9.84. The van der Waals surface area contributed by atoms with Gasteiger partial charge < -0.3 is 65.8 Å². The Bertz CT molecular complexity index is 1800. The van der Waals surface area contributed by atoms with Crippen molar-refractivity contribution in [2.24, 2.45) is 0 Å². The van der Waals surface area contributed by atoms with E-state index in [0.29, 0.717) is 5.52 Å². The van der Waals surface area contributed by atoms with E-state index in [1.807, 2.05) is 0 Å². The van der Waals surface area contributed by atoms with Crippen LogP contribution >= 0.6 is 23.5 Å².